The Morgan fingerprint density at radius 3 is 0.859 bits per heavy atom. The van der Waals surface area contributed by atoms with E-state index in [1.54, 1.807) is 12.4 Å². The van der Waals surface area contributed by atoms with Gasteiger partial charge in [0.15, 0.2) is 0 Å². The summed E-state index contributed by atoms with van der Waals surface area (Å²) >= 11 is 0. The van der Waals surface area contributed by atoms with Crippen molar-refractivity contribution >= 4 is 46.4 Å². The number of allylic oxidation sites excluding steroid dienone is 6. The molecule has 8 bridgehead atoms. The first kappa shape index (κ1) is 45.9. The first-order chi connectivity index (χ1) is 30.3. The molecule has 0 unspecified atom stereocenters. The number of hydrogen-bond acceptors (Lipinski definition) is 3. The van der Waals surface area contributed by atoms with Gasteiger partial charge in [0.25, 0.3) is 0 Å². The number of aromatic nitrogens is 5. The molecule has 0 fully saturated rings. The van der Waals surface area contributed by atoms with Crippen molar-refractivity contribution in [2.75, 3.05) is 0 Å². The largest absolute Gasteiger partial charge is 2.00 e. The Kier molecular flexibility index (Phi) is 16.1. The van der Waals surface area contributed by atoms with Gasteiger partial charge in [-0.25, -0.2) is 9.97 Å². The van der Waals surface area contributed by atoms with E-state index in [9.17, 15) is 0 Å². The molecule has 0 saturated heterocycles. The van der Waals surface area contributed by atoms with Crippen molar-refractivity contribution in [3.05, 3.63) is 235 Å². The monoisotopic (exact) mass is 870 g/mol. The summed E-state index contributed by atoms with van der Waals surface area (Å²) in [6.45, 7) is 0. The van der Waals surface area contributed by atoms with Crippen LogP contribution in [0.15, 0.2) is 213 Å². The first-order valence-corrected chi connectivity index (χ1v) is 20.4. The van der Waals surface area contributed by atoms with Crippen LogP contribution in [0.3, 0.4) is 0 Å². The molecule has 1 radical (unpaired) electrons. The van der Waals surface area contributed by atoms with E-state index in [1.165, 1.54) is 0 Å². The first-order valence-electron chi connectivity index (χ1n) is 20.4. The van der Waals surface area contributed by atoms with Gasteiger partial charge in [0.2, 0.25) is 0 Å². The van der Waals surface area contributed by atoms with Crippen LogP contribution in [0.4, 0.5) is 0 Å². The summed E-state index contributed by atoms with van der Waals surface area (Å²) in [5.41, 5.74) is 15.0. The van der Waals surface area contributed by atoms with Crippen LogP contribution in [0.2, 0.25) is 0 Å². The van der Waals surface area contributed by atoms with Gasteiger partial charge in [0, 0.05) is 12.4 Å². The zero-order valence-electron chi connectivity index (χ0n) is 33.8. The minimum atomic E-state index is 0. The molecular weight excluding hydrogens is 822 g/mol. The second-order valence-corrected chi connectivity index (χ2v) is 14.3. The molecule has 5 nitrogen and oxygen atoms in total. The van der Waals surface area contributed by atoms with Crippen molar-refractivity contribution in [2.24, 2.45) is 0 Å². The van der Waals surface area contributed by atoms with Gasteiger partial charge < -0.3 is 9.97 Å². The van der Waals surface area contributed by atoms with Crippen LogP contribution >= 0.6 is 0 Å². The summed E-state index contributed by atoms with van der Waals surface area (Å²) in [5, 5.41) is 0. The maximum absolute atomic E-state index is 5.31. The molecule has 64 heavy (non-hydrogen) atoms. The molecule has 0 saturated carbocycles. The summed E-state index contributed by atoms with van der Waals surface area (Å²) < 4.78 is 0. The normalized spacial score (nSPS) is 11.6. The third kappa shape index (κ3) is 10.5. The zero-order valence-corrected chi connectivity index (χ0v) is 35.0. The molecule has 0 atom stereocenters. The van der Waals surface area contributed by atoms with Crippen LogP contribution in [0, 0.1) is 0 Å². The number of nitrogens with zero attached hydrogens (tertiary/aromatic N) is 5. The molecule has 313 valence electrons. The maximum atomic E-state index is 5.31. The molecule has 1 aliphatic carbocycles. The Bertz CT molecular complexity index is 2680. The average Bonchev–Trinajstić information content (AvgIpc) is 4.15. The topological polar surface area (TPSA) is 66.9 Å². The van der Waals surface area contributed by atoms with Gasteiger partial charge in [-0.05, 0) is 87.4 Å². The summed E-state index contributed by atoms with van der Waals surface area (Å²) in [7, 11) is 0. The third-order valence-electron chi connectivity index (χ3n) is 10.3. The smallest absolute Gasteiger partial charge is 0.657 e. The van der Waals surface area contributed by atoms with Crippen LogP contribution < -0.4 is 9.97 Å². The second kappa shape index (κ2) is 22.5. The summed E-state index contributed by atoms with van der Waals surface area (Å²) in [6.07, 6.45) is 25.4. The third-order valence-corrected chi connectivity index (χ3v) is 10.3. The van der Waals surface area contributed by atoms with Gasteiger partial charge in [0.1, 0.15) is 0 Å². The fourth-order valence-electron chi connectivity index (χ4n) is 7.52. The summed E-state index contributed by atoms with van der Waals surface area (Å²) in [6, 6.07) is 55.7. The zero-order chi connectivity index (χ0) is 41.1. The predicted octanol–water partition coefficient (Wildman–Crippen LogP) is 15.0. The number of pyridine rings is 1. The Hall–Kier alpha value is -7.63. The van der Waals surface area contributed by atoms with Gasteiger partial charge in [-0.15, -0.1) is 22.1 Å². The molecule has 11 rings (SSSR count). The number of rotatable bonds is 4. The van der Waals surface area contributed by atoms with E-state index >= 15 is 0 Å². The number of hydrogen-bond donors (Lipinski definition) is 0. The van der Waals surface area contributed by atoms with Crippen molar-refractivity contribution in [3.63, 3.8) is 0 Å². The Balaban J connectivity index is 0.000000367. The quantitative estimate of drug-likeness (QED) is 0.165. The summed E-state index contributed by atoms with van der Waals surface area (Å²) in [5.74, 6) is 0. The van der Waals surface area contributed by atoms with Gasteiger partial charge in [-0.3, -0.25) is 4.98 Å². The molecule has 6 heteroatoms. The van der Waals surface area contributed by atoms with Gasteiger partial charge >= 0.3 is 17.1 Å². The molecule has 2 aliphatic heterocycles. The second-order valence-electron chi connectivity index (χ2n) is 14.3. The molecule has 4 aromatic heterocycles. The van der Waals surface area contributed by atoms with E-state index in [0.29, 0.717) is 0 Å². The average molecular weight is 871 g/mol. The molecule has 3 aliphatic rings. The SMILES string of the molecule is C.C.C1=CC=CCC=C1.C1=Cc2nc1c(-c1ccccc1)c1ccc([n-]1)c(-c1ccccc1)c1nc(c(-c3ccccc3)c3ccc([n-]3)c2-c2ccccc2)C=C1.[Mn+2].c1ccncc1. The van der Waals surface area contributed by atoms with Crippen LogP contribution in [-0.4, -0.2) is 15.0 Å². The van der Waals surface area contributed by atoms with Crippen molar-refractivity contribution in [1.82, 2.24) is 24.9 Å². The van der Waals surface area contributed by atoms with Crippen LogP contribution in [0.1, 0.15) is 44.0 Å². The van der Waals surface area contributed by atoms with E-state index in [4.69, 9.17) is 19.9 Å². The molecule has 4 aromatic carbocycles. The molecule has 0 spiro atoms. The number of benzene rings is 4. The molecule has 8 aromatic rings. The Labute approximate surface area is 387 Å². The minimum absolute atomic E-state index is 0. The maximum Gasteiger partial charge on any atom is 2.00 e. The molecule has 6 heterocycles. The fraction of sp³-hybridized carbons (Fsp3) is 0.0517. The predicted molar refractivity (Wildman–Crippen MR) is 268 cm³/mol. The van der Waals surface area contributed by atoms with Crippen molar-refractivity contribution in [1.29, 1.82) is 0 Å². The summed E-state index contributed by atoms with van der Waals surface area (Å²) in [4.78, 5) is 25.0. The molecule has 0 amide bonds. The van der Waals surface area contributed by atoms with E-state index in [0.717, 1.165) is 95.8 Å². The standard InChI is InChI=1S/C44H28N4.C7H8.C5H5N.2CH4.Mn/c1-5-13-29(14-6-1)41-33-21-23-35(45-33)42(30-15-7-2-8-16-30)37-25-27-39(47-37)44(32-19-11-4-12-20-32)40-28-26-38(48-40)43(31-17-9-3-10-18-31)36-24-22-34(41)46-36;1-2-4-6-7-5-3-1;1-2-4-6-5-3-1;;;/h1-28H;1-6H,7H2;1-5H;2*1H4;/q-2;;;;;+2. The Morgan fingerprint density at radius 1 is 0.328 bits per heavy atom. The minimum Gasteiger partial charge on any atom is -0.657 e. The number of fused-ring (bicyclic) bond motifs is 8. The van der Waals surface area contributed by atoms with Gasteiger partial charge in [-0.1, -0.05) is 203 Å². The van der Waals surface area contributed by atoms with E-state index < -0.39 is 0 Å². The Morgan fingerprint density at radius 2 is 0.609 bits per heavy atom. The van der Waals surface area contributed by atoms with Crippen molar-refractivity contribution < 1.29 is 17.1 Å². The van der Waals surface area contributed by atoms with Gasteiger partial charge in [0.05, 0.1) is 22.8 Å². The molecular formula is C58H49MnN5. The van der Waals surface area contributed by atoms with Crippen LogP contribution in [-0.2, 0) is 17.1 Å². The van der Waals surface area contributed by atoms with E-state index in [-0.39, 0.29) is 31.9 Å². The fourth-order valence-corrected chi connectivity index (χ4v) is 7.52. The molecule has 0 N–H and O–H groups in total. The van der Waals surface area contributed by atoms with Crippen molar-refractivity contribution in [3.8, 4) is 44.5 Å². The van der Waals surface area contributed by atoms with Gasteiger partial charge in [-0.2, -0.15) is 0 Å². The van der Waals surface area contributed by atoms with E-state index in [2.05, 4.69) is 175 Å². The van der Waals surface area contributed by atoms with Crippen LogP contribution in [0.25, 0.3) is 90.9 Å². The van der Waals surface area contributed by atoms with Crippen molar-refractivity contribution in [2.45, 2.75) is 21.3 Å². The van der Waals surface area contributed by atoms with Crippen LogP contribution in [0.5, 0.6) is 0 Å². The van der Waals surface area contributed by atoms with E-state index in [1.807, 2.05) is 54.6 Å².